The number of aryl methyl sites for hydroxylation is 1. The number of hydrogen-bond donors (Lipinski definition) is 1. The van der Waals surface area contributed by atoms with Crippen molar-refractivity contribution in [3.8, 4) is 11.4 Å². The standard InChI is InChI=1S/C16H23N5/c1-4-9-17-15-11(3)14(13-8-10-18-21(13)5-2)19-16(20-15)12-6-7-12/h8,10,12H,4-7,9H2,1-3H3,(H,17,19,20). The van der Waals surface area contributed by atoms with E-state index in [1.54, 1.807) is 0 Å². The van der Waals surface area contributed by atoms with Crippen molar-refractivity contribution in [3.05, 3.63) is 23.7 Å². The van der Waals surface area contributed by atoms with Gasteiger partial charge in [0, 0.05) is 30.8 Å². The highest BCUT2D eigenvalue weighted by atomic mass is 15.3. The maximum atomic E-state index is 4.84. The van der Waals surface area contributed by atoms with Crippen LogP contribution in [0, 0.1) is 6.92 Å². The molecule has 2 aromatic rings. The molecule has 0 aromatic carbocycles. The predicted octanol–water partition coefficient (Wildman–Crippen LogP) is 3.37. The highest BCUT2D eigenvalue weighted by Crippen LogP contribution is 2.40. The second kappa shape index (κ2) is 5.84. The smallest absolute Gasteiger partial charge is 0.134 e. The molecule has 5 heteroatoms. The van der Waals surface area contributed by atoms with Crippen molar-refractivity contribution in [1.29, 1.82) is 0 Å². The highest BCUT2D eigenvalue weighted by Gasteiger charge is 2.28. The molecule has 0 atom stereocenters. The van der Waals surface area contributed by atoms with Crippen LogP contribution in [0.3, 0.4) is 0 Å². The van der Waals surface area contributed by atoms with Gasteiger partial charge in [-0.3, -0.25) is 4.68 Å². The molecule has 0 amide bonds. The van der Waals surface area contributed by atoms with Crippen LogP contribution in [0.15, 0.2) is 12.3 Å². The molecule has 1 aliphatic carbocycles. The molecule has 112 valence electrons. The third-order valence-electron chi connectivity index (χ3n) is 3.91. The minimum absolute atomic E-state index is 0.546. The summed E-state index contributed by atoms with van der Waals surface area (Å²) in [6.07, 6.45) is 5.35. The third-order valence-corrected chi connectivity index (χ3v) is 3.91. The van der Waals surface area contributed by atoms with E-state index in [0.717, 1.165) is 48.1 Å². The Kier molecular flexibility index (Phi) is 3.90. The minimum Gasteiger partial charge on any atom is -0.370 e. The molecule has 0 saturated heterocycles. The Balaban J connectivity index is 2.07. The summed E-state index contributed by atoms with van der Waals surface area (Å²) in [6.45, 7) is 8.15. The first kappa shape index (κ1) is 14.0. The van der Waals surface area contributed by atoms with Gasteiger partial charge in [0.1, 0.15) is 11.6 Å². The second-order valence-electron chi connectivity index (χ2n) is 5.64. The Bertz CT molecular complexity index is 628. The lowest BCUT2D eigenvalue weighted by Gasteiger charge is -2.14. The maximum Gasteiger partial charge on any atom is 0.134 e. The molecule has 0 spiro atoms. The molecule has 1 N–H and O–H groups in total. The molecular formula is C16H23N5. The third kappa shape index (κ3) is 2.77. The van der Waals surface area contributed by atoms with Gasteiger partial charge in [-0.2, -0.15) is 5.10 Å². The zero-order chi connectivity index (χ0) is 14.8. The summed E-state index contributed by atoms with van der Waals surface area (Å²) in [5, 5.41) is 7.81. The van der Waals surface area contributed by atoms with Gasteiger partial charge in [-0.1, -0.05) is 6.92 Å². The summed E-state index contributed by atoms with van der Waals surface area (Å²) >= 11 is 0. The van der Waals surface area contributed by atoms with Crippen molar-refractivity contribution in [1.82, 2.24) is 19.7 Å². The van der Waals surface area contributed by atoms with E-state index in [1.165, 1.54) is 12.8 Å². The number of nitrogens with one attached hydrogen (secondary N) is 1. The lowest BCUT2D eigenvalue weighted by molar-refractivity contribution is 0.664. The van der Waals surface area contributed by atoms with Crippen molar-refractivity contribution < 1.29 is 0 Å². The SMILES string of the molecule is CCCNc1nc(C2CC2)nc(-c2ccnn2CC)c1C. The van der Waals surface area contributed by atoms with E-state index in [4.69, 9.17) is 9.97 Å². The van der Waals surface area contributed by atoms with E-state index in [-0.39, 0.29) is 0 Å². The summed E-state index contributed by atoms with van der Waals surface area (Å²) in [5.41, 5.74) is 3.21. The Labute approximate surface area is 125 Å². The van der Waals surface area contributed by atoms with Crippen LogP contribution in [0.1, 0.15) is 50.4 Å². The van der Waals surface area contributed by atoms with Gasteiger partial charge in [0.25, 0.3) is 0 Å². The van der Waals surface area contributed by atoms with Crippen molar-refractivity contribution in [2.75, 3.05) is 11.9 Å². The summed E-state index contributed by atoms with van der Waals surface area (Å²) < 4.78 is 2.00. The quantitative estimate of drug-likeness (QED) is 0.884. The Morgan fingerprint density at radius 3 is 2.76 bits per heavy atom. The molecule has 0 aliphatic heterocycles. The molecule has 21 heavy (non-hydrogen) atoms. The van der Waals surface area contributed by atoms with Gasteiger partial charge in [0.15, 0.2) is 0 Å². The molecule has 0 unspecified atom stereocenters. The van der Waals surface area contributed by atoms with E-state index >= 15 is 0 Å². The first-order valence-corrected chi connectivity index (χ1v) is 7.89. The summed E-state index contributed by atoms with van der Waals surface area (Å²) in [5.74, 6) is 2.51. The van der Waals surface area contributed by atoms with Gasteiger partial charge >= 0.3 is 0 Å². The van der Waals surface area contributed by atoms with Crippen molar-refractivity contribution in [3.63, 3.8) is 0 Å². The number of rotatable bonds is 6. The fourth-order valence-corrected chi connectivity index (χ4v) is 2.51. The van der Waals surface area contributed by atoms with Crippen LogP contribution in [0.25, 0.3) is 11.4 Å². The van der Waals surface area contributed by atoms with Crippen molar-refractivity contribution in [2.24, 2.45) is 0 Å². The second-order valence-corrected chi connectivity index (χ2v) is 5.64. The van der Waals surface area contributed by atoms with Crippen LogP contribution < -0.4 is 5.32 Å². The fraction of sp³-hybridized carbons (Fsp3) is 0.562. The highest BCUT2D eigenvalue weighted by molar-refractivity contribution is 5.65. The first-order chi connectivity index (χ1) is 10.2. The van der Waals surface area contributed by atoms with Crippen molar-refractivity contribution >= 4 is 5.82 Å². The number of nitrogens with zero attached hydrogens (tertiary/aromatic N) is 4. The topological polar surface area (TPSA) is 55.6 Å². The molecular weight excluding hydrogens is 262 g/mol. The van der Waals surface area contributed by atoms with Crippen LogP contribution in [-0.2, 0) is 6.54 Å². The first-order valence-electron chi connectivity index (χ1n) is 7.89. The van der Waals surface area contributed by atoms with Gasteiger partial charge in [-0.05, 0) is 39.2 Å². The van der Waals surface area contributed by atoms with E-state index in [2.05, 4.69) is 31.2 Å². The average Bonchev–Trinajstić information content (AvgIpc) is 3.24. The zero-order valence-electron chi connectivity index (χ0n) is 13.1. The molecule has 3 rings (SSSR count). The molecule has 0 radical (unpaired) electrons. The molecule has 0 bridgehead atoms. The van der Waals surface area contributed by atoms with Crippen LogP contribution >= 0.6 is 0 Å². The van der Waals surface area contributed by atoms with Gasteiger partial charge in [-0.25, -0.2) is 9.97 Å². The van der Waals surface area contributed by atoms with E-state index in [9.17, 15) is 0 Å². The van der Waals surface area contributed by atoms with Gasteiger partial charge in [0.2, 0.25) is 0 Å². The minimum atomic E-state index is 0.546. The van der Waals surface area contributed by atoms with Crippen LogP contribution in [0.5, 0.6) is 0 Å². The van der Waals surface area contributed by atoms with Gasteiger partial charge in [-0.15, -0.1) is 0 Å². The van der Waals surface area contributed by atoms with Crippen molar-refractivity contribution in [2.45, 2.75) is 52.5 Å². The Morgan fingerprint density at radius 1 is 1.29 bits per heavy atom. The molecule has 2 heterocycles. The van der Waals surface area contributed by atoms with Crippen LogP contribution in [-0.4, -0.2) is 26.3 Å². The van der Waals surface area contributed by atoms with E-state index in [1.807, 2.05) is 16.9 Å². The number of aromatic nitrogens is 4. The number of anilines is 1. The normalized spacial score (nSPS) is 14.4. The monoisotopic (exact) mass is 285 g/mol. The molecule has 1 fully saturated rings. The zero-order valence-corrected chi connectivity index (χ0v) is 13.1. The van der Waals surface area contributed by atoms with Gasteiger partial charge in [0.05, 0.1) is 11.4 Å². The van der Waals surface area contributed by atoms with Crippen LogP contribution in [0.4, 0.5) is 5.82 Å². The largest absolute Gasteiger partial charge is 0.370 e. The van der Waals surface area contributed by atoms with E-state index in [0.29, 0.717) is 5.92 Å². The molecule has 1 saturated carbocycles. The maximum absolute atomic E-state index is 4.84. The molecule has 5 nitrogen and oxygen atoms in total. The van der Waals surface area contributed by atoms with E-state index < -0.39 is 0 Å². The molecule has 1 aliphatic rings. The molecule has 2 aromatic heterocycles. The average molecular weight is 285 g/mol. The van der Waals surface area contributed by atoms with Gasteiger partial charge < -0.3 is 5.32 Å². The summed E-state index contributed by atoms with van der Waals surface area (Å²) in [4.78, 5) is 9.59. The Morgan fingerprint density at radius 2 is 2.10 bits per heavy atom. The summed E-state index contributed by atoms with van der Waals surface area (Å²) in [7, 11) is 0. The lowest BCUT2D eigenvalue weighted by atomic mass is 10.1. The predicted molar refractivity (Wildman–Crippen MR) is 84.4 cm³/mol. The number of hydrogen-bond acceptors (Lipinski definition) is 4. The summed E-state index contributed by atoms with van der Waals surface area (Å²) in [6, 6.07) is 2.04. The lowest BCUT2D eigenvalue weighted by Crippen LogP contribution is -2.10. The Hall–Kier alpha value is -1.91. The fourth-order valence-electron chi connectivity index (χ4n) is 2.51. The van der Waals surface area contributed by atoms with Crippen LogP contribution in [0.2, 0.25) is 0 Å².